The van der Waals surface area contributed by atoms with Gasteiger partial charge in [-0.2, -0.15) is 0 Å². The molecule has 3 aromatic rings. The number of anilines is 2. The van der Waals surface area contributed by atoms with Crippen LogP contribution in [0.5, 0.6) is 11.5 Å². The molecule has 3 rings (SSSR count). The van der Waals surface area contributed by atoms with Crippen LogP contribution >= 0.6 is 0 Å². The first-order valence-electron chi connectivity index (χ1n) is 14.1. The van der Waals surface area contributed by atoms with Gasteiger partial charge in [-0.15, -0.1) is 0 Å². The van der Waals surface area contributed by atoms with E-state index in [1.165, 1.54) is 0 Å². The van der Waals surface area contributed by atoms with Crippen LogP contribution in [0.4, 0.5) is 11.4 Å². The van der Waals surface area contributed by atoms with E-state index in [1.807, 2.05) is 51.1 Å². The van der Waals surface area contributed by atoms with Gasteiger partial charge in [-0.05, 0) is 56.4 Å². The molecule has 12 heteroatoms. The highest BCUT2D eigenvalue weighted by molar-refractivity contribution is 5.98. The maximum Gasteiger partial charge on any atom is 0.237 e. The van der Waals surface area contributed by atoms with Crippen molar-refractivity contribution in [2.45, 2.75) is 59.0 Å². The van der Waals surface area contributed by atoms with Crippen LogP contribution in [0.15, 0.2) is 41.5 Å². The molecule has 1 atom stereocenters. The Balaban J connectivity index is 1.93. The highest BCUT2D eigenvalue weighted by Gasteiger charge is 2.18. The first-order valence-corrected chi connectivity index (χ1v) is 14.1. The third-order valence-electron chi connectivity index (χ3n) is 6.62. The molecule has 226 valence electrons. The van der Waals surface area contributed by atoms with Crippen molar-refractivity contribution >= 4 is 40.1 Å². The second-order valence-corrected chi connectivity index (χ2v) is 9.68. The van der Waals surface area contributed by atoms with Crippen LogP contribution < -0.4 is 43.0 Å². The fourth-order valence-electron chi connectivity index (χ4n) is 4.68. The van der Waals surface area contributed by atoms with Gasteiger partial charge in [0.1, 0.15) is 0 Å². The van der Waals surface area contributed by atoms with E-state index >= 15 is 0 Å². The summed E-state index contributed by atoms with van der Waals surface area (Å²) in [5.41, 5.74) is 27.1. The van der Waals surface area contributed by atoms with Crippen LogP contribution in [0.2, 0.25) is 0 Å². The lowest BCUT2D eigenvalue weighted by atomic mass is 10.0. The van der Waals surface area contributed by atoms with Crippen molar-refractivity contribution in [2.75, 3.05) is 25.1 Å². The molecule has 0 saturated heterocycles. The summed E-state index contributed by atoms with van der Waals surface area (Å²) in [5.74, 6) is 0.457. The van der Waals surface area contributed by atoms with Crippen molar-refractivity contribution in [1.29, 1.82) is 0 Å². The minimum absolute atomic E-state index is 0.000726. The smallest absolute Gasteiger partial charge is 0.237 e. The highest BCUT2D eigenvalue weighted by atomic mass is 16.5. The molecule has 2 aromatic carbocycles. The van der Waals surface area contributed by atoms with Crippen molar-refractivity contribution in [1.82, 2.24) is 10.3 Å². The Hall–Kier alpha value is -4.58. The summed E-state index contributed by atoms with van der Waals surface area (Å²) in [4.78, 5) is 33.1. The number of hydrogen-bond donors (Lipinski definition) is 6. The Bertz CT molecular complexity index is 1420. The predicted octanol–water partition coefficient (Wildman–Crippen LogP) is 2.36. The molecule has 0 saturated carbocycles. The van der Waals surface area contributed by atoms with Gasteiger partial charge >= 0.3 is 0 Å². The molecule has 0 unspecified atom stereocenters. The highest BCUT2D eigenvalue weighted by Crippen LogP contribution is 2.38. The van der Waals surface area contributed by atoms with Gasteiger partial charge in [0.2, 0.25) is 11.8 Å². The molecule has 0 aliphatic carbocycles. The minimum Gasteiger partial charge on any atom is -0.490 e. The Morgan fingerprint density at radius 1 is 1.02 bits per heavy atom. The predicted molar refractivity (Wildman–Crippen MR) is 166 cm³/mol. The number of rotatable bonds is 16. The number of fused-ring (bicyclic) bond motifs is 1. The second-order valence-electron chi connectivity index (χ2n) is 9.68. The van der Waals surface area contributed by atoms with E-state index in [-0.39, 0.29) is 18.3 Å². The first kappa shape index (κ1) is 31.9. The number of hydrogen-bond acceptors (Lipinski definition) is 8. The number of primary amides is 1. The summed E-state index contributed by atoms with van der Waals surface area (Å²) >= 11 is 0. The largest absolute Gasteiger partial charge is 0.490 e. The number of benzene rings is 2. The number of ether oxygens (including phenoxy) is 2. The lowest BCUT2D eigenvalue weighted by Gasteiger charge is -2.20. The van der Waals surface area contributed by atoms with Crippen molar-refractivity contribution in [3.63, 3.8) is 0 Å². The molecule has 42 heavy (non-hydrogen) atoms. The molecule has 0 bridgehead atoms. The quantitative estimate of drug-likeness (QED) is 0.0836. The molecule has 0 spiro atoms. The van der Waals surface area contributed by atoms with E-state index in [0.717, 1.165) is 22.2 Å². The summed E-state index contributed by atoms with van der Waals surface area (Å²) in [7, 11) is 0. The number of nitrogens with zero attached hydrogens (tertiary/aromatic N) is 2. The zero-order valence-corrected chi connectivity index (χ0v) is 24.5. The van der Waals surface area contributed by atoms with Crippen molar-refractivity contribution in [3.05, 3.63) is 53.2 Å². The molecule has 0 aliphatic rings. The maximum absolute atomic E-state index is 12.7. The normalized spacial score (nSPS) is 11.5. The van der Waals surface area contributed by atoms with Crippen LogP contribution in [-0.4, -0.2) is 48.6 Å². The molecule has 2 amide bonds. The zero-order valence-electron chi connectivity index (χ0n) is 24.5. The third-order valence-corrected chi connectivity index (χ3v) is 6.62. The Kier molecular flexibility index (Phi) is 11.7. The molecule has 0 radical (unpaired) electrons. The van der Waals surface area contributed by atoms with Gasteiger partial charge in [0.05, 0.1) is 36.9 Å². The SMILES string of the molecule is CCOc1cc2ncc(CC(N)=O)c(Nc3cccc(CNC(=O)[C@@H](N)CCCN=C(N)N)c3CC)c2cc1OCC. The van der Waals surface area contributed by atoms with Gasteiger partial charge in [-0.3, -0.25) is 19.6 Å². The Labute approximate surface area is 246 Å². The molecular weight excluding hydrogens is 536 g/mol. The van der Waals surface area contributed by atoms with Crippen LogP contribution in [0.3, 0.4) is 0 Å². The molecule has 0 fully saturated rings. The lowest BCUT2D eigenvalue weighted by Crippen LogP contribution is -2.40. The van der Waals surface area contributed by atoms with E-state index in [1.54, 1.807) is 6.20 Å². The van der Waals surface area contributed by atoms with Crippen LogP contribution in [0.25, 0.3) is 10.9 Å². The van der Waals surface area contributed by atoms with Gasteiger partial charge < -0.3 is 43.0 Å². The van der Waals surface area contributed by atoms with E-state index < -0.39 is 11.9 Å². The number of pyridine rings is 1. The molecule has 0 aliphatic heterocycles. The molecule has 1 aromatic heterocycles. The monoisotopic (exact) mass is 578 g/mol. The van der Waals surface area contributed by atoms with Crippen LogP contribution in [0, 0.1) is 0 Å². The number of amides is 2. The minimum atomic E-state index is -0.675. The third kappa shape index (κ3) is 8.46. The van der Waals surface area contributed by atoms with Crippen molar-refractivity contribution < 1.29 is 19.1 Å². The molecular formula is C30H42N8O4. The van der Waals surface area contributed by atoms with Crippen LogP contribution in [-0.2, 0) is 29.0 Å². The molecule has 12 nitrogen and oxygen atoms in total. The summed E-state index contributed by atoms with van der Waals surface area (Å²) in [6.45, 7) is 7.49. The standard InChI is InChI=1S/C30H42N8O4/c1-4-20-18(16-37-29(40)22(31)10-8-12-35-30(33)34)9-7-11-23(20)38-28-19(13-27(32)39)17-36-24-15-26(42-6-3)25(41-5-2)14-21(24)28/h7,9,11,14-15,17,22H,4-6,8,10,12-13,16,31H2,1-3H3,(H2,32,39)(H,36,38)(H,37,40)(H4,33,34,35)/t22-/m0/s1. The summed E-state index contributed by atoms with van der Waals surface area (Å²) in [6.07, 6.45) is 3.39. The number of carbonyl (C=O) groups is 2. The summed E-state index contributed by atoms with van der Waals surface area (Å²) in [6, 6.07) is 8.85. The number of nitrogens with two attached hydrogens (primary N) is 4. The van der Waals surface area contributed by atoms with Crippen molar-refractivity contribution in [3.8, 4) is 11.5 Å². The van der Waals surface area contributed by atoms with Gasteiger partial charge in [0, 0.05) is 42.0 Å². The average molecular weight is 579 g/mol. The zero-order chi connectivity index (χ0) is 30.6. The second kappa shape index (κ2) is 15.4. The fourth-order valence-corrected chi connectivity index (χ4v) is 4.68. The van der Waals surface area contributed by atoms with E-state index in [0.29, 0.717) is 73.8 Å². The number of aromatic nitrogens is 1. The van der Waals surface area contributed by atoms with Gasteiger partial charge in [0.25, 0.3) is 0 Å². The summed E-state index contributed by atoms with van der Waals surface area (Å²) in [5, 5.41) is 7.24. The van der Waals surface area contributed by atoms with Gasteiger partial charge in [-0.1, -0.05) is 19.1 Å². The van der Waals surface area contributed by atoms with E-state index in [4.69, 9.17) is 32.4 Å². The van der Waals surface area contributed by atoms with E-state index in [2.05, 4.69) is 20.6 Å². The number of nitrogens with one attached hydrogen (secondary N) is 2. The lowest BCUT2D eigenvalue weighted by molar-refractivity contribution is -0.122. The number of carbonyl (C=O) groups excluding carboxylic acids is 2. The van der Waals surface area contributed by atoms with Crippen LogP contribution in [0.1, 0.15) is 50.3 Å². The number of guanidine groups is 1. The molecule has 10 N–H and O–H groups in total. The van der Waals surface area contributed by atoms with Crippen molar-refractivity contribution in [2.24, 2.45) is 27.9 Å². The van der Waals surface area contributed by atoms with Gasteiger partial charge in [0.15, 0.2) is 17.5 Å². The first-order chi connectivity index (χ1) is 20.2. The topological polar surface area (TPSA) is 206 Å². The average Bonchev–Trinajstić information content (AvgIpc) is 2.95. The molecule has 1 heterocycles. The van der Waals surface area contributed by atoms with E-state index in [9.17, 15) is 9.59 Å². The number of aliphatic imine (C=N–C) groups is 1. The van der Waals surface area contributed by atoms with Gasteiger partial charge in [-0.25, -0.2) is 0 Å². The Morgan fingerprint density at radius 3 is 2.38 bits per heavy atom. The maximum atomic E-state index is 12.7. The summed E-state index contributed by atoms with van der Waals surface area (Å²) < 4.78 is 11.6. The Morgan fingerprint density at radius 2 is 1.74 bits per heavy atom. The fraction of sp³-hybridized carbons (Fsp3) is 0.400.